The second-order valence-electron chi connectivity index (χ2n) is 1.31. The van der Waals surface area contributed by atoms with Crippen molar-refractivity contribution in [3.05, 3.63) is 0 Å². The van der Waals surface area contributed by atoms with Crippen LogP contribution in [0.3, 0.4) is 0 Å². The Labute approximate surface area is 61.9 Å². The van der Waals surface area contributed by atoms with E-state index in [1.165, 1.54) is 0 Å². The molecular weight excluding hydrogens is 156 g/mol. The Bertz CT molecular complexity index is 161. The third kappa shape index (κ3) is 4.78. The first kappa shape index (κ1) is 8.63. The average molecular weight is 162 g/mol. The van der Waals surface area contributed by atoms with E-state index in [1.54, 1.807) is 5.32 Å². The topological polar surface area (TPSA) is 110 Å². The lowest BCUT2D eigenvalue weighted by atomic mass is 10.9. The van der Waals surface area contributed by atoms with E-state index in [4.69, 9.17) is 5.73 Å². The van der Waals surface area contributed by atoms with Crippen LogP contribution >= 0.6 is 12.2 Å². The maximum absolute atomic E-state index is 10.4. The molecule has 0 saturated heterocycles. The van der Waals surface area contributed by atoms with Crippen LogP contribution in [0.2, 0.25) is 0 Å². The van der Waals surface area contributed by atoms with Crippen molar-refractivity contribution in [3.63, 3.8) is 0 Å². The van der Waals surface area contributed by atoms with E-state index < -0.39 is 12.1 Å². The number of thiocarbonyl (C=S) groups is 1. The first-order valence-electron chi connectivity index (χ1n) is 2.19. The Kier molecular flexibility index (Phi) is 3.12. The van der Waals surface area contributed by atoms with Crippen LogP contribution in [0.4, 0.5) is 9.59 Å². The Morgan fingerprint density at radius 3 is 2.00 bits per heavy atom. The van der Waals surface area contributed by atoms with Crippen molar-refractivity contribution in [2.75, 3.05) is 0 Å². The van der Waals surface area contributed by atoms with Gasteiger partial charge in [-0.2, -0.15) is 0 Å². The van der Waals surface area contributed by atoms with Gasteiger partial charge in [-0.15, -0.1) is 0 Å². The molecule has 0 radical (unpaired) electrons. The molecule has 6 nitrogen and oxygen atoms in total. The summed E-state index contributed by atoms with van der Waals surface area (Å²) in [6.07, 6.45) is 0. The summed E-state index contributed by atoms with van der Waals surface area (Å²) in [6.45, 7) is 0. The van der Waals surface area contributed by atoms with Gasteiger partial charge in [-0.25, -0.2) is 9.59 Å². The highest BCUT2D eigenvalue weighted by atomic mass is 32.1. The number of rotatable bonds is 0. The molecule has 0 fully saturated rings. The number of hydrogen-bond donors (Lipinski definition) is 4. The van der Waals surface area contributed by atoms with Gasteiger partial charge in [0, 0.05) is 0 Å². The van der Waals surface area contributed by atoms with Crippen LogP contribution in [0.5, 0.6) is 0 Å². The maximum atomic E-state index is 10.4. The van der Waals surface area contributed by atoms with Crippen LogP contribution in [0.25, 0.3) is 0 Å². The number of hydrogen-bond acceptors (Lipinski definition) is 3. The van der Waals surface area contributed by atoms with Gasteiger partial charge in [0.2, 0.25) is 0 Å². The molecule has 0 unspecified atom stereocenters. The highest BCUT2D eigenvalue weighted by Crippen LogP contribution is 1.63. The summed E-state index contributed by atoms with van der Waals surface area (Å²) >= 11 is 4.28. The van der Waals surface area contributed by atoms with Crippen LogP contribution in [-0.4, -0.2) is 17.2 Å². The van der Waals surface area contributed by atoms with E-state index in [9.17, 15) is 9.59 Å². The number of nitrogens with two attached hydrogens (primary N) is 2. The maximum Gasteiger partial charge on any atom is 0.329 e. The van der Waals surface area contributed by atoms with Crippen molar-refractivity contribution in [1.82, 2.24) is 10.6 Å². The van der Waals surface area contributed by atoms with Crippen LogP contribution in [0.15, 0.2) is 0 Å². The fourth-order valence-electron chi connectivity index (χ4n) is 0.255. The second kappa shape index (κ2) is 3.62. The summed E-state index contributed by atoms with van der Waals surface area (Å²) in [6, 6.07) is -1.80. The fourth-order valence-corrected chi connectivity index (χ4v) is 0.348. The lowest BCUT2D eigenvalue weighted by molar-refractivity contribution is 0.234. The third-order valence-electron chi connectivity index (χ3n) is 0.473. The average Bonchev–Trinajstić information content (AvgIpc) is 1.58. The van der Waals surface area contributed by atoms with E-state index in [1.807, 2.05) is 5.32 Å². The lowest BCUT2D eigenvalue weighted by Gasteiger charge is -1.99. The molecule has 56 valence electrons. The van der Waals surface area contributed by atoms with Gasteiger partial charge in [0.1, 0.15) is 0 Å². The van der Waals surface area contributed by atoms with E-state index in [0.29, 0.717) is 0 Å². The van der Waals surface area contributed by atoms with E-state index in [0.717, 1.165) is 0 Å². The van der Waals surface area contributed by atoms with E-state index in [2.05, 4.69) is 18.0 Å². The Morgan fingerprint density at radius 2 is 1.70 bits per heavy atom. The third-order valence-corrected chi connectivity index (χ3v) is 0.576. The molecule has 7 heteroatoms. The Balaban J connectivity index is 3.65. The summed E-state index contributed by atoms with van der Waals surface area (Å²) in [5.41, 5.74) is 9.45. The van der Waals surface area contributed by atoms with E-state index >= 15 is 0 Å². The summed E-state index contributed by atoms with van der Waals surface area (Å²) < 4.78 is 0. The quantitative estimate of drug-likeness (QED) is 0.328. The number of primary amides is 1. The molecule has 0 bridgehead atoms. The zero-order valence-corrected chi connectivity index (χ0v) is 5.70. The van der Waals surface area contributed by atoms with Gasteiger partial charge in [-0.05, 0) is 12.2 Å². The SMILES string of the molecule is NC(=O)NC(=O)NC(N)=S. The van der Waals surface area contributed by atoms with Gasteiger partial charge in [-0.3, -0.25) is 10.6 Å². The van der Waals surface area contributed by atoms with Gasteiger partial charge in [0.25, 0.3) is 0 Å². The Morgan fingerprint density at radius 1 is 1.20 bits per heavy atom. The summed E-state index contributed by atoms with van der Waals surface area (Å²) in [7, 11) is 0. The minimum absolute atomic E-state index is 0.223. The molecule has 0 aromatic rings. The number of urea groups is 2. The number of carbonyl (C=O) groups excluding carboxylic acids is 2. The molecule has 0 atom stereocenters. The van der Waals surface area contributed by atoms with Gasteiger partial charge < -0.3 is 11.5 Å². The highest BCUT2D eigenvalue weighted by Gasteiger charge is 2.01. The standard InChI is InChI=1S/C3H6N4O2S/c4-1(8)6-3(9)7-2(5)10/h(H6,4,5,6,7,8,9,10). The van der Waals surface area contributed by atoms with Crippen molar-refractivity contribution in [1.29, 1.82) is 0 Å². The smallest absolute Gasteiger partial charge is 0.329 e. The molecule has 0 saturated carbocycles. The van der Waals surface area contributed by atoms with Crippen molar-refractivity contribution in [2.24, 2.45) is 11.5 Å². The van der Waals surface area contributed by atoms with Crippen molar-refractivity contribution in [3.8, 4) is 0 Å². The first-order chi connectivity index (χ1) is 4.52. The molecule has 0 aromatic carbocycles. The first-order valence-corrected chi connectivity index (χ1v) is 2.60. The fraction of sp³-hybridized carbons (Fsp3) is 0. The minimum Gasteiger partial charge on any atom is -0.376 e. The Hall–Kier alpha value is -1.37. The van der Waals surface area contributed by atoms with Crippen LogP contribution < -0.4 is 22.1 Å². The molecule has 0 spiro atoms. The zero-order valence-electron chi connectivity index (χ0n) is 4.88. The predicted molar refractivity (Wildman–Crippen MR) is 38.0 cm³/mol. The second-order valence-corrected chi connectivity index (χ2v) is 1.75. The molecule has 0 aromatic heterocycles. The number of nitrogens with one attached hydrogen (secondary N) is 2. The number of amides is 4. The van der Waals surface area contributed by atoms with E-state index in [-0.39, 0.29) is 5.11 Å². The van der Waals surface area contributed by atoms with Gasteiger partial charge in [0.05, 0.1) is 0 Å². The zero-order chi connectivity index (χ0) is 8.15. The van der Waals surface area contributed by atoms with Gasteiger partial charge in [-0.1, -0.05) is 0 Å². The van der Waals surface area contributed by atoms with Crippen molar-refractivity contribution in [2.45, 2.75) is 0 Å². The monoisotopic (exact) mass is 162 g/mol. The van der Waals surface area contributed by atoms with Gasteiger partial charge >= 0.3 is 12.1 Å². The predicted octanol–water partition coefficient (Wildman–Crippen LogP) is -1.39. The summed E-state index contributed by atoms with van der Waals surface area (Å²) in [5, 5.41) is 3.40. The van der Waals surface area contributed by atoms with Crippen molar-refractivity contribution < 1.29 is 9.59 Å². The molecule has 0 aliphatic carbocycles. The minimum atomic E-state index is -0.964. The molecular formula is C3H6N4O2S. The van der Waals surface area contributed by atoms with Crippen LogP contribution in [-0.2, 0) is 0 Å². The number of carbonyl (C=O) groups is 2. The van der Waals surface area contributed by atoms with Crippen LogP contribution in [0.1, 0.15) is 0 Å². The van der Waals surface area contributed by atoms with Crippen molar-refractivity contribution >= 4 is 29.4 Å². The molecule has 6 N–H and O–H groups in total. The normalized spacial score (nSPS) is 8.00. The highest BCUT2D eigenvalue weighted by molar-refractivity contribution is 7.80. The molecule has 0 heterocycles. The molecule has 4 amide bonds. The summed E-state index contributed by atoms with van der Waals surface area (Å²) in [4.78, 5) is 20.3. The summed E-state index contributed by atoms with van der Waals surface area (Å²) in [5.74, 6) is 0. The lowest BCUT2D eigenvalue weighted by Crippen LogP contribution is -2.46. The molecule has 0 aliphatic rings. The molecule has 10 heavy (non-hydrogen) atoms. The molecule has 0 rings (SSSR count). The van der Waals surface area contributed by atoms with Crippen LogP contribution in [0, 0.1) is 0 Å². The largest absolute Gasteiger partial charge is 0.376 e. The molecule has 0 aliphatic heterocycles. The van der Waals surface area contributed by atoms with Gasteiger partial charge in [0.15, 0.2) is 5.11 Å². The number of imide groups is 1.